The van der Waals surface area contributed by atoms with E-state index in [1.165, 1.54) is 25.5 Å². The first kappa shape index (κ1) is 17.2. The smallest absolute Gasteiger partial charge is 0.325 e. The third-order valence-corrected chi connectivity index (χ3v) is 3.30. The molecule has 8 heteroatoms. The Bertz CT molecular complexity index is 751. The van der Waals surface area contributed by atoms with Gasteiger partial charge in [0, 0.05) is 17.7 Å². The van der Waals surface area contributed by atoms with Crippen LogP contribution in [0.2, 0.25) is 0 Å². The Hall–Kier alpha value is -3.16. The molecule has 126 valence electrons. The topological polar surface area (TPSA) is 122 Å². The number of carboxylic acid groups (broad SMARTS) is 1. The number of carbonyl (C=O) groups excluding carboxylic acids is 2. The van der Waals surface area contributed by atoms with Crippen LogP contribution >= 0.6 is 0 Å². The van der Waals surface area contributed by atoms with Gasteiger partial charge in [0.1, 0.15) is 11.8 Å². The van der Waals surface area contributed by atoms with Crippen molar-refractivity contribution in [3.05, 3.63) is 47.7 Å². The minimum atomic E-state index is -1.12. The summed E-state index contributed by atoms with van der Waals surface area (Å²) in [5.74, 6) is -1.54. The molecule has 8 nitrogen and oxygen atoms in total. The number of hydrogen-bond acceptors (Lipinski definition) is 5. The van der Waals surface area contributed by atoms with E-state index in [0.29, 0.717) is 17.9 Å². The Morgan fingerprint density at radius 1 is 1.21 bits per heavy atom. The minimum Gasteiger partial charge on any atom is -0.480 e. The fourth-order valence-electron chi connectivity index (χ4n) is 1.94. The van der Waals surface area contributed by atoms with E-state index < -0.39 is 23.8 Å². The highest BCUT2D eigenvalue weighted by molar-refractivity contribution is 6.04. The van der Waals surface area contributed by atoms with E-state index in [1.54, 1.807) is 12.1 Å². The summed E-state index contributed by atoms with van der Waals surface area (Å²) in [6, 6.07) is 5.08. The summed E-state index contributed by atoms with van der Waals surface area (Å²) in [6.07, 6.45) is 1.76. The zero-order chi connectivity index (χ0) is 17.7. The zero-order valence-corrected chi connectivity index (χ0v) is 13.2. The number of rotatable bonds is 6. The van der Waals surface area contributed by atoms with Crippen molar-refractivity contribution < 1.29 is 23.9 Å². The Balaban J connectivity index is 2.03. The third kappa shape index (κ3) is 3.97. The van der Waals surface area contributed by atoms with Gasteiger partial charge in [-0.1, -0.05) is 6.92 Å². The van der Waals surface area contributed by atoms with Gasteiger partial charge in [-0.15, -0.1) is 0 Å². The van der Waals surface area contributed by atoms with Crippen LogP contribution < -0.4 is 10.6 Å². The number of amides is 2. The summed E-state index contributed by atoms with van der Waals surface area (Å²) >= 11 is 0. The van der Waals surface area contributed by atoms with Gasteiger partial charge in [0.05, 0.1) is 0 Å². The van der Waals surface area contributed by atoms with Crippen molar-refractivity contribution in [1.82, 2.24) is 10.3 Å². The van der Waals surface area contributed by atoms with Crippen LogP contribution in [0.25, 0.3) is 0 Å². The first-order valence-electron chi connectivity index (χ1n) is 7.29. The summed E-state index contributed by atoms with van der Waals surface area (Å²) < 4.78 is 5.11. The molecule has 0 bridgehead atoms. The second-order valence-corrected chi connectivity index (χ2v) is 5.04. The van der Waals surface area contributed by atoms with Gasteiger partial charge < -0.3 is 20.2 Å². The number of carbonyl (C=O) groups is 3. The van der Waals surface area contributed by atoms with Crippen molar-refractivity contribution in [3.63, 3.8) is 0 Å². The van der Waals surface area contributed by atoms with Crippen LogP contribution in [0, 0.1) is 0 Å². The summed E-state index contributed by atoms with van der Waals surface area (Å²) in [4.78, 5) is 38.6. The summed E-state index contributed by atoms with van der Waals surface area (Å²) in [6.45, 7) is 3.22. The molecule has 1 aromatic heterocycles. The normalized spacial score (nSPS) is 11.6. The molecule has 24 heavy (non-hydrogen) atoms. The van der Waals surface area contributed by atoms with E-state index in [1.807, 2.05) is 6.92 Å². The standard InChI is InChI=1S/C16H17N3O5/c1-3-12-13(17-8-24-12)15(21)19-11-6-4-10(5-7-11)14(20)18-9(2)16(22)23/h4-9H,3H2,1-2H3,(H,18,20)(H,19,21)(H,22,23)/t9-/m0/s1. The molecule has 0 saturated heterocycles. The molecule has 2 aromatic rings. The third-order valence-electron chi connectivity index (χ3n) is 3.30. The van der Waals surface area contributed by atoms with Crippen molar-refractivity contribution in [2.24, 2.45) is 0 Å². The Kier molecular flexibility index (Phi) is 5.31. The average molecular weight is 331 g/mol. The molecule has 0 aliphatic carbocycles. The molecule has 0 saturated carbocycles. The maximum Gasteiger partial charge on any atom is 0.325 e. The van der Waals surface area contributed by atoms with Crippen LogP contribution in [-0.2, 0) is 11.2 Å². The van der Waals surface area contributed by atoms with Gasteiger partial charge >= 0.3 is 5.97 Å². The molecule has 0 spiro atoms. The molecule has 1 heterocycles. The van der Waals surface area contributed by atoms with E-state index in [4.69, 9.17) is 9.52 Å². The molecule has 1 aromatic carbocycles. The first-order chi connectivity index (χ1) is 11.4. The number of nitrogens with one attached hydrogen (secondary N) is 2. The minimum absolute atomic E-state index is 0.217. The predicted octanol–water partition coefficient (Wildman–Crippen LogP) is 1.69. The van der Waals surface area contributed by atoms with Crippen molar-refractivity contribution in [2.75, 3.05) is 5.32 Å². The molecule has 1 atom stereocenters. The molecule has 2 rings (SSSR count). The maximum atomic E-state index is 12.1. The number of hydrogen-bond donors (Lipinski definition) is 3. The molecule has 0 aliphatic heterocycles. The Labute approximate surface area is 137 Å². The highest BCUT2D eigenvalue weighted by Gasteiger charge is 2.17. The first-order valence-corrected chi connectivity index (χ1v) is 7.29. The van der Waals surface area contributed by atoms with E-state index in [2.05, 4.69) is 15.6 Å². The van der Waals surface area contributed by atoms with Crippen LogP contribution in [0.4, 0.5) is 5.69 Å². The highest BCUT2D eigenvalue weighted by Crippen LogP contribution is 2.13. The molecule has 0 fully saturated rings. The largest absolute Gasteiger partial charge is 0.480 e. The fourth-order valence-corrected chi connectivity index (χ4v) is 1.94. The zero-order valence-electron chi connectivity index (χ0n) is 13.2. The number of anilines is 1. The van der Waals surface area contributed by atoms with Crippen LogP contribution in [0.15, 0.2) is 35.1 Å². The fraction of sp³-hybridized carbons (Fsp3) is 0.250. The number of oxazole rings is 1. The number of nitrogens with zero attached hydrogens (tertiary/aromatic N) is 1. The van der Waals surface area contributed by atoms with Gasteiger partial charge in [0.15, 0.2) is 12.1 Å². The number of carboxylic acids is 1. The lowest BCUT2D eigenvalue weighted by Gasteiger charge is -2.10. The second kappa shape index (κ2) is 7.40. The Morgan fingerprint density at radius 2 is 1.88 bits per heavy atom. The molecule has 3 N–H and O–H groups in total. The second-order valence-electron chi connectivity index (χ2n) is 5.04. The average Bonchev–Trinajstić information content (AvgIpc) is 3.04. The van der Waals surface area contributed by atoms with Crippen molar-refractivity contribution in [3.8, 4) is 0 Å². The van der Waals surface area contributed by atoms with E-state index in [0.717, 1.165) is 0 Å². The summed E-state index contributed by atoms with van der Waals surface area (Å²) in [7, 11) is 0. The van der Waals surface area contributed by atoms with E-state index >= 15 is 0 Å². The lowest BCUT2D eigenvalue weighted by atomic mass is 10.1. The predicted molar refractivity (Wildman–Crippen MR) is 84.8 cm³/mol. The maximum absolute atomic E-state index is 12.1. The number of aliphatic carboxylic acids is 1. The molecule has 0 aliphatic rings. The molecular weight excluding hydrogens is 314 g/mol. The Morgan fingerprint density at radius 3 is 2.46 bits per heavy atom. The van der Waals surface area contributed by atoms with Gasteiger partial charge in [-0.3, -0.25) is 14.4 Å². The molecule has 2 amide bonds. The lowest BCUT2D eigenvalue weighted by Crippen LogP contribution is -2.38. The highest BCUT2D eigenvalue weighted by atomic mass is 16.4. The number of benzene rings is 1. The van der Waals surface area contributed by atoms with Crippen LogP contribution in [0.1, 0.15) is 40.5 Å². The van der Waals surface area contributed by atoms with Crippen LogP contribution in [-0.4, -0.2) is 33.9 Å². The number of aryl methyl sites for hydroxylation is 1. The lowest BCUT2D eigenvalue weighted by molar-refractivity contribution is -0.138. The van der Waals surface area contributed by atoms with E-state index in [-0.39, 0.29) is 11.3 Å². The summed E-state index contributed by atoms with van der Waals surface area (Å²) in [5.41, 5.74) is 0.985. The van der Waals surface area contributed by atoms with Crippen LogP contribution in [0.3, 0.4) is 0 Å². The monoisotopic (exact) mass is 331 g/mol. The summed E-state index contributed by atoms with van der Waals surface area (Å²) in [5, 5.41) is 13.8. The molecule has 0 radical (unpaired) electrons. The van der Waals surface area contributed by atoms with Crippen molar-refractivity contribution in [1.29, 1.82) is 0 Å². The SMILES string of the molecule is CCc1ocnc1C(=O)Nc1ccc(C(=O)N[C@@H](C)C(=O)O)cc1. The van der Waals surface area contributed by atoms with Gasteiger partial charge in [-0.05, 0) is 31.2 Å². The van der Waals surface area contributed by atoms with Crippen LogP contribution in [0.5, 0.6) is 0 Å². The van der Waals surface area contributed by atoms with Crippen molar-refractivity contribution in [2.45, 2.75) is 26.3 Å². The molecular formula is C16H17N3O5. The quantitative estimate of drug-likeness (QED) is 0.740. The van der Waals surface area contributed by atoms with Gasteiger partial charge in [0.25, 0.3) is 11.8 Å². The molecule has 0 unspecified atom stereocenters. The number of aromatic nitrogens is 1. The van der Waals surface area contributed by atoms with Gasteiger partial charge in [-0.2, -0.15) is 0 Å². The van der Waals surface area contributed by atoms with Gasteiger partial charge in [0.2, 0.25) is 0 Å². The van der Waals surface area contributed by atoms with Gasteiger partial charge in [-0.25, -0.2) is 4.98 Å². The van der Waals surface area contributed by atoms with E-state index in [9.17, 15) is 14.4 Å². The van der Waals surface area contributed by atoms with Crippen molar-refractivity contribution >= 4 is 23.5 Å².